The van der Waals surface area contributed by atoms with Crippen molar-refractivity contribution in [2.24, 2.45) is 0 Å². The number of benzene rings is 1. The van der Waals surface area contributed by atoms with E-state index in [-0.39, 0.29) is 12.1 Å². The third kappa shape index (κ3) is 2.85. The van der Waals surface area contributed by atoms with Crippen LogP contribution in [0, 0.1) is 0 Å². The van der Waals surface area contributed by atoms with Crippen LogP contribution in [0.5, 0.6) is 0 Å². The van der Waals surface area contributed by atoms with Gasteiger partial charge in [-0.3, -0.25) is 0 Å². The van der Waals surface area contributed by atoms with Gasteiger partial charge in [0.05, 0.1) is 0 Å². The molecule has 2 bridgehead atoms. The fourth-order valence-electron chi connectivity index (χ4n) is 5.41. The number of piperazine rings is 1. The zero-order valence-corrected chi connectivity index (χ0v) is 16.4. The maximum absolute atomic E-state index is 12.7. The number of fused-ring (bicyclic) bond motifs is 4. The van der Waals surface area contributed by atoms with Gasteiger partial charge in [0.15, 0.2) is 0 Å². The van der Waals surface area contributed by atoms with Crippen molar-refractivity contribution < 1.29 is 13.2 Å². The van der Waals surface area contributed by atoms with Crippen molar-refractivity contribution in [1.82, 2.24) is 13.9 Å². The smallest absolute Gasteiger partial charge is 0.307 e. The first-order valence-corrected chi connectivity index (χ1v) is 11.3. The highest BCUT2D eigenvalue weighted by Crippen LogP contribution is 2.38. The van der Waals surface area contributed by atoms with Gasteiger partial charge in [0, 0.05) is 30.9 Å². The topological polar surface area (TPSA) is 81.8 Å². The van der Waals surface area contributed by atoms with Crippen molar-refractivity contribution in [3.63, 3.8) is 0 Å². The lowest BCUT2D eigenvalue weighted by atomic mass is 9.99. The third-order valence-corrected chi connectivity index (χ3v) is 8.21. The molecule has 4 aliphatic rings. The van der Waals surface area contributed by atoms with Gasteiger partial charge in [0.2, 0.25) is 0 Å². The van der Waals surface area contributed by atoms with E-state index >= 15 is 0 Å². The second kappa shape index (κ2) is 6.18. The maximum Gasteiger partial charge on any atom is 0.333 e. The van der Waals surface area contributed by atoms with Crippen molar-refractivity contribution in [2.45, 2.75) is 57.0 Å². The number of likely N-dealkylation sites (N-methyl/N-ethyl adjacent to an activating group) is 1. The third-order valence-electron chi connectivity index (χ3n) is 6.71. The van der Waals surface area contributed by atoms with Crippen molar-refractivity contribution in [2.75, 3.05) is 25.5 Å². The van der Waals surface area contributed by atoms with E-state index in [1.807, 2.05) is 7.05 Å². The Morgan fingerprint density at radius 2 is 1.70 bits per heavy atom. The summed E-state index contributed by atoms with van der Waals surface area (Å²) in [6.07, 6.45) is 7.02. The van der Waals surface area contributed by atoms with Gasteiger partial charge in [-0.25, -0.2) is 9.52 Å². The quantitative estimate of drug-likeness (QED) is 0.818. The van der Waals surface area contributed by atoms with Gasteiger partial charge in [-0.1, -0.05) is 6.07 Å². The minimum Gasteiger partial charge on any atom is -0.307 e. The molecule has 0 radical (unpaired) electrons. The van der Waals surface area contributed by atoms with E-state index in [9.17, 15) is 13.2 Å². The molecule has 1 aromatic rings. The summed E-state index contributed by atoms with van der Waals surface area (Å²) in [4.78, 5) is 14.8. The summed E-state index contributed by atoms with van der Waals surface area (Å²) in [6.45, 7) is 1.19. The highest BCUT2D eigenvalue weighted by Gasteiger charge is 2.47. The minimum atomic E-state index is -3.82. The van der Waals surface area contributed by atoms with Crippen LogP contribution in [0.3, 0.4) is 0 Å². The fourth-order valence-corrected chi connectivity index (χ4v) is 6.72. The van der Waals surface area contributed by atoms with Crippen LogP contribution >= 0.6 is 0 Å². The first-order valence-electron chi connectivity index (χ1n) is 9.89. The van der Waals surface area contributed by atoms with Crippen molar-refractivity contribution in [1.29, 1.82) is 0 Å². The highest BCUT2D eigenvalue weighted by molar-refractivity contribution is 7.87. The number of aryl methyl sites for hydroxylation is 2. The largest absolute Gasteiger partial charge is 0.333 e. The standard InChI is InChI=1S/C19H26N4O3S/c1-22-10-15-9-14(22)11-23(15)27(25,26)21-19(24)20-18-16-6-2-4-12(16)8-13-5-3-7-17(13)18/h8,14-15H,2-7,9-11H2,1H3,(H2,20,21,24)/t14-,15-/m1/s1. The summed E-state index contributed by atoms with van der Waals surface area (Å²) in [5.41, 5.74) is 5.89. The van der Waals surface area contributed by atoms with E-state index in [2.05, 4.69) is 21.0 Å². The Hall–Kier alpha value is -1.64. The van der Waals surface area contributed by atoms with Crippen LogP contribution in [-0.4, -0.2) is 55.9 Å². The molecule has 2 fully saturated rings. The molecular formula is C19H26N4O3S. The van der Waals surface area contributed by atoms with E-state index in [1.54, 1.807) is 0 Å². The Morgan fingerprint density at radius 3 is 2.26 bits per heavy atom. The van der Waals surface area contributed by atoms with Gasteiger partial charge in [-0.05, 0) is 74.2 Å². The van der Waals surface area contributed by atoms with E-state index in [0.717, 1.165) is 57.2 Å². The molecular weight excluding hydrogens is 364 g/mol. The lowest BCUT2D eigenvalue weighted by molar-refractivity contribution is 0.214. The molecule has 2 aliphatic heterocycles. The molecule has 0 saturated carbocycles. The Bertz CT molecular complexity index is 880. The second-order valence-corrected chi connectivity index (χ2v) is 9.97. The monoisotopic (exact) mass is 390 g/mol. The number of carbonyl (C=O) groups is 1. The number of nitrogens with zero attached hydrogens (tertiary/aromatic N) is 2. The molecule has 2 amide bonds. The number of hydrogen-bond acceptors (Lipinski definition) is 4. The molecule has 8 heteroatoms. The number of urea groups is 1. The van der Waals surface area contributed by atoms with Gasteiger partial charge in [0.25, 0.3) is 0 Å². The summed E-state index contributed by atoms with van der Waals surface area (Å²) in [5.74, 6) is 0. The summed E-state index contributed by atoms with van der Waals surface area (Å²) in [7, 11) is -1.80. The molecule has 7 nitrogen and oxygen atoms in total. The van der Waals surface area contributed by atoms with Gasteiger partial charge < -0.3 is 10.2 Å². The van der Waals surface area contributed by atoms with Crippen LogP contribution in [0.2, 0.25) is 0 Å². The molecule has 2 saturated heterocycles. The Morgan fingerprint density at radius 1 is 1.04 bits per heavy atom. The second-order valence-electron chi connectivity index (χ2n) is 8.35. The first kappa shape index (κ1) is 17.5. The molecule has 1 aromatic carbocycles. The van der Waals surface area contributed by atoms with E-state index in [4.69, 9.17) is 0 Å². The van der Waals surface area contributed by atoms with Crippen molar-refractivity contribution in [3.05, 3.63) is 28.3 Å². The zero-order chi connectivity index (χ0) is 18.8. The van der Waals surface area contributed by atoms with Crippen LogP contribution in [0.25, 0.3) is 0 Å². The molecule has 27 heavy (non-hydrogen) atoms. The number of carbonyl (C=O) groups excluding carboxylic acids is 1. The Balaban J connectivity index is 1.35. The fraction of sp³-hybridized carbons (Fsp3) is 0.632. The molecule has 2 aliphatic carbocycles. The summed E-state index contributed by atoms with van der Waals surface area (Å²) in [6, 6.07) is 1.88. The predicted molar refractivity (Wildman–Crippen MR) is 103 cm³/mol. The lowest BCUT2D eigenvalue weighted by Gasteiger charge is -2.30. The SMILES string of the molecule is CN1C[C@H]2C[C@@H]1CN2S(=O)(=O)NC(=O)Nc1c2c(cc3c1CCC3)CCC2. The molecule has 2 N–H and O–H groups in total. The average molecular weight is 391 g/mol. The van der Waals surface area contributed by atoms with Gasteiger partial charge >= 0.3 is 16.2 Å². The van der Waals surface area contributed by atoms with Gasteiger partial charge in [-0.15, -0.1) is 0 Å². The normalized spacial score (nSPS) is 27.0. The number of likely N-dealkylation sites (tertiary alicyclic amines) is 1. The Labute approximate surface area is 160 Å². The first-order chi connectivity index (χ1) is 12.9. The number of nitrogens with one attached hydrogen (secondary N) is 2. The summed E-state index contributed by atoms with van der Waals surface area (Å²) in [5, 5.41) is 2.91. The molecule has 0 unspecified atom stereocenters. The highest BCUT2D eigenvalue weighted by atomic mass is 32.2. The number of anilines is 1. The molecule has 2 atom stereocenters. The molecule has 0 aromatic heterocycles. The molecule has 0 spiro atoms. The minimum absolute atomic E-state index is 0.0319. The summed E-state index contributed by atoms with van der Waals surface area (Å²) >= 11 is 0. The van der Waals surface area contributed by atoms with Crippen LogP contribution < -0.4 is 10.0 Å². The van der Waals surface area contributed by atoms with Crippen molar-refractivity contribution >= 4 is 21.9 Å². The molecule has 2 heterocycles. The average Bonchev–Trinajstić information content (AvgIpc) is 3.36. The molecule has 146 valence electrons. The number of amides is 2. The van der Waals surface area contributed by atoms with Crippen LogP contribution in [0.15, 0.2) is 6.07 Å². The predicted octanol–water partition coefficient (Wildman–Crippen LogP) is 1.42. The van der Waals surface area contributed by atoms with Crippen molar-refractivity contribution in [3.8, 4) is 0 Å². The number of hydrogen-bond donors (Lipinski definition) is 2. The van der Waals surface area contributed by atoms with Gasteiger partial charge in [-0.2, -0.15) is 12.7 Å². The Kier molecular flexibility index (Phi) is 4.00. The van der Waals surface area contributed by atoms with E-state index in [0.29, 0.717) is 6.54 Å². The maximum atomic E-state index is 12.7. The van der Waals surface area contributed by atoms with E-state index in [1.165, 1.54) is 26.6 Å². The van der Waals surface area contributed by atoms with E-state index < -0.39 is 16.2 Å². The summed E-state index contributed by atoms with van der Waals surface area (Å²) < 4.78 is 29.2. The van der Waals surface area contributed by atoms with Crippen LogP contribution in [-0.2, 0) is 35.9 Å². The number of rotatable bonds is 3. The molecule has 5 rings (SSSR count). The zero-order valence-electron chi connectivity index (χ0n) is 15.6. The van der Waals surface area contributed by atoms with Gasteiger partial charge in [0.1, 0.15) is 0 Å². The van der Waals surface area contributed by atoms with Crippen LogP contribution in [0.1, 0.15) is 41.5 Å². The van der Waals surface area contributed by atoms with Crippen LogP contribution in [0.4, 0.5) is 10.5 Å². The lowest BCUT2D eigenvalue weighted by Crippen LogP contribution is -2.52.